The molecular weight excluding hydrogens is 362 g/mol. The van der Waals surface area contributed by atoms with Gasteiger partial charge in [0.25, 0.3) is 0 Å². The summed E-state index contributed by atoms with van der Waals surface area (Å²) in [4.78, 5) is 2.09. The summed E-state index contributed by atoms with van der Waals surface area (Å²) in [5.74, 6) is 2.26. The van der Waals surface area contributed by atoms with Gasteiger partial charge in [0, 0.05) is 39.1 Å². The SMILES string of the molecule is CN(C)c1ccc([C@H]2NC[C@H](CSc3nnc(-c4ccco4)n3C)O2)cc1. The van der Waals surface area contributed by atoms with Gasteiger partial charge in [-0.15, -0.1) is 10.2 Å². The topological polar surface area (TPSA) is 68.3 Å². The van der Waals surface area contributed by atoms with Gasteiger partial charge in [-0.2, -0.15) is 0 Å². The third-order valence-corrected chi connectivity index (χ3v) is 5.70. The Kier molecular flexibility index (Phi) is 5.20. The van der Waals surface area contributed by atoms with E-state index in [0.717, 1.165) is 34.6 Å². The molecule has 1 aromatic carbocycles. The summed E-state index contributed by atoms with van der Waals surface area (Å²) < 4.78 is 13.5. The Morgan fingerprint density at radius 1 is 1.22 bits per heavy atom. The van der Waals surface area contributed by atoms with Crippen LogP contribution in [-0.4, -0.2) is 47.3 Å². The average molecular weight is 385 g/mol. The molecule has 3 heterocycles. The molecule has 1 saturated heterocycles. The van der Waals surface area contributed by atoms with Gasteiger partial charge < -0.3 is 18.6 Å². The maximum Gasteiger partial charge on any atom is 0.200 e. The fourth-order valence-corrected chi connectivity index (χ4v) is 3.91. The lowest BCUT2D eigenvalue weighted by Gasteiger charge is -2.16. The molecule has 7 nitrogen and oxygen atoms in total. The second-order valence-electron chi connectivity index (χ2n) is 6.69. The Morgan fingerprint density at radius 3 is 2.74 bits per heavy atom. The van der Waals surface area contributed by atoms with Crippen molar-refractivity contribution in [3.63, 3.8) is 0 Å². The van der Waals surface area contributed by atoms with Gasteiger partial charge in [0.15, 0.2) is 16.7 Å². The third-order valence-electron chi connectivity index (χ3n) is 4.55. The van der Waals surface area contributed by atoms with Gasteiger partial charge >= 0.3 is 0 Å². The molecule has 4 rings (SSSR count). The highest BCUT2D eigenvalue weighted by Crippen LogP contribution is 2.28. The molecule has 142 valence electrons. The first-order valence-electron chi connectivity index (χ1n) is 8.84. The van der Waals surface area contributed by atoms with Crippen molar-refractivity contribution in [3.8, 4) is 11.6 Å². The molecule has 2 aromatic heterocycles. The van der Waals surface area contributed by atoms with Crippen molar-refractivity contribution in [1.82, 2.24) is 20.1 Å². The third kappa shape index (κ3) is 3.87. The first kappa shape index (κ1) is 18.1. The van der Waals surface area contributed by atoms with Gasteiger partial charge in [0.05, 0.1) is 12.4 Å². The Hall–Kier alpha value is -2.29. The van der Waals surface area contributed by atoms with Crippen molar-refractivity contribution in [2.75, 3.05) is 31.3 Å². The van der Waals surface area contributed by atoms with E-state index in [1.807, 2.05) is 37.8 Å². The van der Waals surface area contributed by atoms with Crippen LogP contribution in [0.15, 0.2) is 52.2 Å². The molecule has 3 aromatic rings. The van der Waals surface area contributed by atoms with E-state index >= 15 is 0 Å². The zero-order valence-corrected chi connectivity index (χ0v) is 16.4. The lowest BCUT2D eigenvalue weighted by Crippen LogP contribution is -2.17. The lowest BCUT2D eigenvalue weighted by molar-refractivity contribution is 0.0534. The molecule has 2 atom stereocenters. The summed E-state index contributed by atoms with van der Waals surface area (Å²) in [5, 5.41) is 12.8. The molecule has 0 aliphatic carbocycles. The van der Waals surface area contributed by atoms with Gasteiger partial charge in [-0.1, -0.05) is 23.9 Å². The smallest absolute Gasteiger partial charge is 0.200 e. The Morgan fingerprint density at radius 2 is 2.04 bits per heavy atom. The first-order valence-corrected chi connectivity index (χ1v) is 9.82. The monoisotopic (exact) mass is 385 g/mol. The van der Waals surface area contributed by atoms with E-state index in [4.69, 9.17) is 9.15 Å². The fourth-order valence-electron chi connectivity index (χ4n) is 3.00. The number of anilines is 1. The molecule has 0 saturated carbocycles. The molecule has 1 N–H and O–H groups in total. The average Bonchev–Trinajstić information content (AvgIpc) is 3.41. The van der Waals surface area contributed by atoms with Crippen molar-refractivity contribution in [2.24, 2.45) is 7.05 Å². The molecule has 0 radical (unpaired) electrons. The van der Waals surface area contributed by atoms with Gasteiger partial charge in [0.1, 0.15) is 6.23 Å². The van der Waals surface area contributed by atoms with Crippen molar-refractivity contribution < 1.29 is 9.15 Å². The van der Waals surface area contributed by atoms with Crippen molar-refractivity contribution >= 4 is 17.4 Å². The number of ether oxygens (including phenoxy) is 1. The summed E-state index contributed by atoms with van der Waals surface area (Å²) in [5.41, 5.74) is 2.32. The fraction of sp³-hybridized carbons (Fsp3) is 0.368. The molecule has 8 heteroatoms. The molecule has 0 unspecified atom stereocenters. The van der Waals surface area contributed by atoms with Crippen molar-refractivity contribution in [1.29, 1.82) is 0 Å². The molecule has 0 amide bonds. The largest absolute Gasteiger partial charge is 0.461 e. The predicted molar refractivity (Wildman–Crippen MR) is 106 cm³/mol. The number of hydrogen-bond donors (Lipinski definition) is 1. The van der Waals surface area contributed by atoms with Crippen LogP contribution >= 0.6 is 11.8 Å². The number of thioether (sulfide) groups is 1. The summed E-state index contributed by atoms with van der Waals surface area (Å²) in [6.07, 6.45) is 1.70. The van der Waals surface area contributed by atoms with Gasteiger partial charge in [-0.05, 0) is 29.8 Å². The minimum Gasteiger partial charge on any atom is -0.461 e. The van der Waals surface area contributed by atoms with Crippen LogP contribution in [0.3, 0.4) is 0 Å². The van der Waals surface area contributed by atoms with Crippen LogP contribution in [0.25, 0.3) is 11.6 Å². The normalized spacial score (nSPS) is 19.5. The number of hydrogen-bond acceptors (Lipinski definition) is 7. The zero-order chi connectivity index (χ0) is 18.8. The molecule has 0 bridgehead atoms. The molecular formula is C19H23N5O2S. The van der Waals surface area contributed by atoms with Crippen LogP contribution in [0.4, 0.5) is 5.69 Å². The second-order valence-corrected chi connectivity index (χ2v) is 7.67. The number of furan rings is 1. The quantitative estimate of drug-likeness (QED) is 0.654. The van der Waals surface area contributed by atoms with E-state index in [-0.39, 0.29) is 12.3 Å². The Balaban J connectivity index is 1.34. The summed E-state index contributed by atoms with van der Waals surface area (Å²) >= 11 is 1.64. The highest BCUT2D eigenvalue weighted by molar-refractivity contribution is 7.99. The number of aromatic nitrogens is 3. The summed E-state index contributed by atoms with van der Waals surface area (Å²) in [7, 11) is 6.02. The van der Waals surface area contributed by atoms with Crippen LogP contribution < -0.4 is 10.2 Å². The van der Waals surface area contributed by atoms with E-state index in [1.54, 1.807) is 18.0 Å². The van der Waals surface area contributed by atoms with E-state index in [1.165, 1.54) is 5.69 Å². The van der Waals surface area contributed by atoms with E-state index in [0.29, 0.717) is 0 Å². The lowest BCUT2D eigenvalue weighted by atomic mass is 10.2. The Labute approximate surface area is 162 Å². The molecule has 1 aliphatic rings. The van der Waals surface area contributed by atoms with Crippen LogP contribution in [0, 0.1) is 0 Å². The number of rotatable bonds is 6. The maximum absolute atomic E-state index is 6.17. The van der Waals surface area contributed by atoms with Gasteiger partial charge in [-0.25, -0.2) is 0 Å². The summed E-state index contributed by atoms with van der Waals surface area (Å²) in [6.45, 7) is 0.815. The summed E-state index contributed by atoms with van der Waals surface area (Å²) in [6, 6.07) is 12.2. The van der Waals surface area contributed by atoms with Gasteiger partial charge in [0.2, 0.25) is 0 Å². The van der Waals surface area contributed by atoms with Crippen LogP contribution in [0.5, 0.6) is 0 Å². The van der Waals surface area contributed by atoms with E-state index < -0.39 is 0 Å². The number of nitrogens with one attached hydrogen (secondary N) is 1. The van der Waals surface area contributed by atoms with E-state index in [2.05, 4.69) is 44.7 Å². The van der Waals surface area contributed by atoms with E-state index in [9.17, 15) is 0 Å². The molecule has 0 spiro atoms. The van der Waals surface area contributed by atoms with Crippen LogP contribution in [0.1, 0.15) is 11.8 Å². The highest BCUT2D eigenvalue weighted by Gasteiger charge is 2.26. The standard InChI is InChI=1S/C19H23N5O2S/c1-23(2)14-8-6-13(7-9-14)18-20-11-15(26-18)12-27-19-22-21-17(24(19)3)16-5-4-10-25-16/h4-10,15,18,20H,11-12H2,1-3H3/t15-,18+/m1/s1. The minimum absolute atomic E-state index is 0.0648. The zero-order valence-electron chi connectivity index (χ0n) is 15.6. The number of nitrogens with zero attached hydrogens (tertiary/aromatic N) is 4. The molecule has 1 fully saturated rings. The number of benzene rings is 1. The maximum atomic E-state index is 6.17. The van der Waals surface area contributed by atoms with Crippen molar-refractivity contribution in [3.05, 3.63) is 48.2 Å². The van der Waals surface area contributed by atoms with Crippen LogP contribution in [-0.2, 0) is 11.8 Å². The second kappa shape index (κ2) is 7.75. The van der Waals surface area contributed by atoms with Crippen LogP contribution in [0.2, 0.25) is 0 Å². The molecule has 27 heavy (non-hydrogen) atoms. The molecule has 1 aliphatic heterocycles. The van der Waals surface area contributed by atoms with Gasteiger partial charge in [-0.3, -0.25) is 5.32 Å². The minimum atomic E-state index is -0.0648. The predicted octanol–water partition coefficient (Wildman–Crippen LogP) is 2.92. The highest BCUT2D eigenvalue weighted by atomic mass is 32.2. The first-order chi connectivity index (χ1) is 13.1. The Bertz CT molecular complexity index is 876. The van der Waals surface area contributed by atoms with Crippen molar-refractivity contribution in [2.45, 2.75) is 17.5 Å².